The van der Waals surface area contributed by atoms with Gasteiger partial charge in [0.25, 0.3) is 5.91 Å². The monoisotopic (exact) mass is 387 g/mol. The summed E-state index contributed by atoms with van der Waals surface area (Å²) in [5.41, 5.74) is 0.474. The topological polar surface area (TPSA) is 55.4 Å². The van der Waals surface area contributed by atoms with Crippen molar-refractivity contribution in [3.05, 3.63) is 33.4 Å². The molecule has 0 heterocycles. The number of hydrogen-bond acceptors (Lipinski definition) is 3. The predicted molar refractivity (Wildman–Crippen MR) is 84.5 cm³/mol. The van der Waals surface area contributed by atoms with E-state index < -0.39 is 5.97 Å². The van der Waals surface area contributed by atoms with Gasteiger partial charge in [0.05, 0.1) is 5.56 Å². The average Bonchev–Trinajstić information content (AvgIpc) is 2.46. The molecule has 1 fully saturated rings. The molecular formula is C15H18INO3. The van der Waals surface area contributed by atoms with Crippen LogP contribution in [0.25, 0.3) is 0 Å². The Hall–Kier alpha value is -1.11. The van der Waals surface area contributed by atoms with E-state index in [9.17, 15) is 9.59 Å². The molecule has 0 radical (unpaired) electrons. The molecule has 0 unspecified atom stereocenters. The fraction of sp³-hybridized carbons (Fsp3) is 0.467. The molecule has 20 heavy (non-hydrogen) atoms. The number of amides is 1. The third-order valence-corrected chi connectivity index (χ3v) is 4.04. The van der Waals surface area contributed by atoms with E-state index >= 15 is 0 Å². The van der Waals surface area contributed by atoms with Crippen LogP contribution < -0.4 is 5.32 Å². The molecule has 1 saturated carbocycles. The first-order chi connectivity index (χ1) is 9.65. The maximum Gasteiger partial charge on any atom is 0.338 e. The van der Waals surface area contributed by atoms with E-state index in [0.29, 0.717) is 5.56 Å². The second-order valence-electron chi connectivity index (χ2n) is 4.99. The minimum Gasteiger partial charge on any atom is -0.452 e. The Bertz CT molecular complexity index is 484. The summed E-state index contributed by atoms with van der Waals surface area (Å²) >= 11 is 2.13. The Morgan fingerprint density at radius 1 is 1.25 bits per heavy atom. The average molecular weight is 387 g/mol. The Labute approximate surface area is 132 Å². The summed E-state index contributed by atoms with van der Waals surface area (Å²) in [4.78, 5) is 23.5. The normalized spacial score (nSPS) is 15.7. The summed E-state index contributed by atoms with van der Waals surface area (Å²) in [5, 5.41) is 2.92. The van der Waals surface area contributed by atoms with Gasteiger partial charge in [-0.05, 0) is 53.6 Å². The number of carbonyl (C=O) groups excluding carboxylic acids is 2. The second kappa shape index (κ2) is 7.61. The van der Waals surface area contributed by atoms with Crippen LogP contribution in [0.1, 0.15) is 42.5 Å². The number of esters is 1. The van der Waals surface area contributed by atoms with Crippen molar-refractivity contribution in [2.45, 2.75) is 38.1 Å². The van der Waals surface area contributed by atoms with Crippen LogP contribution in [0.2, 0.25) is 0 Å². The lowest BCUT2D eigenvalue weighted by atomic mass is 9.95. The lowest BCUT2D eigenvalue weighted by Crippen LogP contribution is -2.38. The molecule has 0 saturated heterocycles. The summed E-state index contributed by atoms with van der Waals surface area (Å²) in [6, 6.07) is 7.35. The number of rotatable bonds is 4. The summed E-state index contributed by atoms with van der Waals surface area (Å²) in [6.07, 6.45) is 5.61. The van der Waals surface area contributed by atoms with Gasteiger partial charge in [-0.25, -0.2) is 4.79 Å². The Balaban J connectivity index is 1.76. The minimum absolute atomic E-state index is 0.208. The van der Waals surface area contributed by atoms with Gasteiger partial charge in [0, 0.05) is 9.61 Å². The molecule has 0 bridgehead atoms. The van der Waals surface area contributed by atoms with Crippen LogP contribution in [0.3, 0.4) is 0 Å². The first-order valence-electron chi connectivity index (χ1n) is 6.87. The van der Waals surface area contributed by atoms with E-state index in [-0.39, 0.29) is 18.6 Å². The lowest BCUT2D eigenvalue weighted by Gasteiger charge is -2.22. The van der Waals surface area contributed by atoms with Crippen molar-refractivity contribution in [3.8, 4) is 0 Å². The van der Waals surface area contributed by atoms with Crippen LogP contribution >= 0.6 is 22.6 Å². The Morgan fingerprint density at radius 2 is 2.00 bits per heavy atom. The van der Waals surface area contributed by atoms with Crippen LogP contribution in [-0.4, -0.2) is 24.5 Å². The van der Waals surface area contributed by atoms with Gasteiger partial charge in [-0.15, -0.1) is 0 Å². The number of hydrogen-bond donors (Lipinski definition) is 1. The molecule has 1 aromatic carbocycles. The highest BCUT2D eigenvalue weighted by Crippen LogP contribution is 2.17. The molecule has 2 rings (SSSR count). The van der Waals surface area contributed by atoms with Gasteiger partial charge < -0.3 is 10.1 Å². The standard InChI is InChI=1S/C15H18INO3/c16-12-6-4-5-11(9-12)15(19)20-10-14(18)17-13-7-2-1-3-8-13/h4-6,9,13H,1-3,7-8,10H2,(H,17,18). The summed E-state index contributed by atoms with van der Waals surface area (Å²) in [7, 11) is 0. The number of carbonyl (C=O) groups is 2. The van der Waals surface area contributed by atoms with Crippen LogP contribution in [-0.2, 0) is 9.53 Å². The number of ether oxygens (including phenoxy) is 1. The fourth-order valence-corrected chi connectivity index (χ4v) is 2.89. The van der Waals surface area contributed by atoms with Gasteiger partial charge in [-0.1, -0.05) is 25.3 Å². The van der Waals surface area contributed by atoms with Gasteiger partial charge in [-0.3, -0.25) is 4.79 Å². The number of nitrogens with one attached hydrogen (secondary N) is 1. The van der Waals surface area contributed by atoms with Crippen molar-refractivity contribution < 1.29 is 14.3 Å². The molecule has 0 aromatic heterocycles. The number of halogens is 1. The molecule has 1 amide bonds. The largest absolute Gasteiger partial charge is 0.452 e. The van der Waals surface area contributed by atoms with Gasteiger partial charge >= 0.3 is 5.97 Å². The summed E-state index contributed by atoms with van der Waals surface area (Å²) < 4.78 is 5.99. The third-order valence-electron chi connectivity index (χ3n) is 3.36. The molecule has 1 aliphatic rings. The minimum atomic E-state index is -0.456. The SMILES string of the molecule is O=C(COC(=O)c1cccc(I)c1)NC1CCCCC1. The van der Waals surface area contributed by atoms with Gasteiger partial charge in [0.2, 0.25) is 0 Å². The highest BCUT2D eigenvalue weighted by Gasteiger charge is 2.17. The third kappa shape index (κ3) is 4.77. The Kier molecular flexibility index (Phi) is 5.82. The molecule has 1 aliphatic carbocycles. The molecule has 1 aromatic rings. The zero-order valence-electron chi connectivity index (χ0n) is 11.2. The fourth-order valence-electron chi connectivity index (χ4n) is 2.35. The maximum absolute atomic E-state index is 11.8. The molecule has 0 atom stereocenters. The van der Waals surface area contributed by atoms with E-state index in [1.165, 1.54) is 6.42 Å². The molecule has 1 N–H and O–H groups in total. The summed E-state index contributed by atoms with van der Waals surface area (Å²) in [6.45, 7) is -0.208. The van der Waals surface area contributed by atoms with Gasteiger partial charge in [0.1, 0.15) is 0 Å². The van der Waals surface area contributed by atoms with E-state index in [2.05, 4.69) is 27.9 Å². The lowest BCUT2D eigenvalue weighted by molar-refractivity contribution is -0.125. The van der Waals surface area contributed by atoms with Crippen LogP contribution in [0.15, 0.2) is 24.3 Å². The van der Waals surface area contributed by atoms with Crippen LogP contribution in [0.4, 0.5) is 0 Å². The van der Waals surface area contributed by atoms with Crippen LogP contribution in [0.5, 0.6) is 0 Å². The van der Waals surface area contributed by atoms with E-state index in [1.54, 1.807) is 18.2 Å². The van der Waals surface area contributed by atoms with Crippen molar-refractivity contribution in [2.24, 2.45) is 0 Å². The van der Waals surface area contributed by atoms with Crippen molar-refractivity contribution in [1.82, 2.24) is 5.32 Å². The molecule has 4 nitrogen and oxygen atoms in total. The molecular weight excluding hydrogens is 369 g/mol. The highest BCUT2D eigenvalue weighted by atomic mass is 127. The first-order valence-corrected chi connectivity index (χ1v) is 7.95. The van der Waals surface area contributed by atoms with Crippen molar-refractivity contribution in [2.75, 3.05) is 6.61 Å². The van der Waals surface area contributed by atoms with Gasteiger partial charge in [-0.2, -0.15) is 0 Å². The molecule has 108 valence electrons. The van der Waals surface area contributed by atoms with E-state index in [1.807, 2.05) is 6.07 Å². The van der Waals surface area contributed by atoms with E-state index in [4.69, 9.17) is 4.74 Å². The van der Waals surface area contributed by atoms with Crippen molar-refractivity contribution in [1.29, 1.82) is 0 Å². The number of benzene rings is 1. The maximum atomic E-state index is 11.8. The van der Waals surface area contributed by atoms with E-state index in [0.717, 1.165) is 29.3 Å². The van der Waals surface area contributed by atoms with Crippen molar-refractivity contribution >= 4 is 34.5 Å². The predicted octanol–water partition coefficient (Wildman–Crippen LogP) is 2.90. The highest BCUT2D eigenvalue weighted by molar-refractivity contribution is 14.1. The zero-order chi connectivity index (χ0) is 14.4. The van der Waals surface area contributed by atoms with Crippen molar-refractivity contribution in [3.63, 3.8) is 0 Å². The van der Waals surface area contributed by atoms with Gasteiger partial charge in [0.15, 0.2) is 6.61 Å². The second-order valence-corrected chi connectivity index (χ2v) is 6.23. The Morgan fingerprint density at radius 3 is 2.70 bits per heavy atom. The quantitative estimate of drug-likeness (QED) is 0.639. The first kappa shape index (κ1) is 15.3. The molecule has 5 heteroatoms. The summed E-state index contributed by atoms with van der Waals surface area (Å²) in [5.74, 6) is -0.668. The zero-order valence-corrected chi connectivity index (χ0v) is 13.4. The molecule has 0 aliphatic heterocycles. The smallest absolute Gasteiger partial charge is 0.338 e. The molecule has 0 spiro atoms. The van der Waals surface area contributed by atoms with Crippen LogP contribution in [0, 0.1) is 3.57 Å².